The highest BCUT2D eigenvalue weighted by atomic mass is 127. The van der Waals surface area contributed by atoms with Crippen molar-refractivity contribution in [2.75, 3.05) is 6.61 Å². The number of nitrogens with one attached hydrogen (secondary N) is 2. The maximum absolute atomic E-state index is 12.5. The number of hydrogen-bond acceptors (Lipinski definition) is 4. The maximum Gasteiger partial charge on any atom is 0.328 e. The number of nitrogens with zero attached hydrogens (tertiary/aromatic N) is 1. The Morgan fingerprint density at radius 3 is 2.76 bits per heavy atom. The second kappa shape index (κ2) is 7.96. The zero-order valence-corrected chi connectivity index (χ0v) is 15.6. The molecule has 1 amide bonds. The Bertz CT molecular complexity index is 867. The Hall–Kier alpha value is -1.94. The second-order valence-electron chi connectivity index (χ2n) is 5.87. The molecular formula is C17H18IN3O4. The molecule has 0 saturated carbocycles. The van der Waals surface area contributed by atoms with Crippen LogP contribution in [0.3, 0.4) is 0 Å². The molecular weight excluding hydrogens is 437 g/mol. The van der Waals surface area contributed by atoms with Crippen LogP contribution in [0, 0.1) is 3.57 Å². The summed E-state index contributed by atoms with van der Waals surface area (Å²) in [4.78, 5) is 39.2. The van der Waals surface area contributed by atoms with Crippen molar-refractivity contribution in [1.82, 2.24) is 14.9 Å². The predicted molar refractivity (Wildman–Crippen MR) is 101 cm³/mol. The molecule has 1 aromatic carbocycles. The molecule has 1 aliphatic rings. The Kier molecular flexibility index (Phi) is 5.69. The van der Waals surface area contributed by atoms with E-state index in [-0.39, 0.29) is 18.2 Å². The normalized spacial score (nSPS) is 16.8. The van der Waals surface area contributed by atoms with Crippen molar-refractivity contribution in [3.63, 3.8) is 0 Å². The van der Waals surface area contributed by atoms with Crippen LogP contribution in [-0.4, -0.2) is 28.2 Å². The van der Waals surface area contributed by atoms with Crippen molar-refractivity contribution in [3.05, 3.63) is 66.0 Å². The van der Waals surface area contributed by atoms with Gasteiger partial charge in [-0.2, -0.15) is 0 Å². The number of benzene rings is 1. The van der Waals surface area contributed by atoms with E-state index in [1.165, 1.54) is 6.20 Å². The molecule has 2 N–H and O–H groups in total. The summed E-state index contributed by atoms with van der Waals surface area (Å²) in [7, 11) is 0. The molecule has 0 radical (unpaired) electrons. The van der Waals surface area contributed by atoms with Crippen molar-refractivity contribution >= 4 is 28.5 Å². The van der Waals surface area contributed by atoms with E-state index in [0.717, 1.165) is 26.5 Å². The number of aromatic amines is 1. The SMILES string of the molecule is O=C(NCc1ccc(I)cc1)c1c[nH]c(=O)n(CC2CCCO2)c1=O. The summed E-state index contributed by atoms with van der Waals surface area (Å²) in [6.45, 7) is 1.10. The number of halogens is 1. The van der Waals surface area contributed by atoms with Crippen LogP contribution in [0.2, 0.25) is 0 Å². The third kappa shape index (κ3) is 4.37. The molecule has 1 aliphatic heterocycles. The molecule has 7 nitrogen and oxygen atoms in total. The highest BCUT2D eigenvalue weighted by Gasteiger charge is 2.20. The fourth-order valence-electron chi connectivity index (χ4n) is 2.71. The van der Waals surface area contributed by atoms with Crippen molar-refractivity contribution in [2.45, 2.75) is 32.0 Å². The fraction of sp³-hybridized carbons (Fsp3) is 0.353. The van der Waals surface area contributed by atoms with Gasteiger partial charge >= 0.3 is 5.69 Å². The van der Waals surface area contributed by atoms with Gasteiger partial charge in [-0.05, 0) is 53.1 Å². The highest BCUT2D eigenvalue weighted by Crippen LogP contribution is 2.12. The first-order chi connectivity index (χ1) is 12.0. The highest BCUT2D eigenvalue weighted by molar-refractivity contribution is 14.1. The van der Waals surface area contributed by atoms with Gasteiger partial charge in [0.05, 0.1) is 12.6 Å². The van der Waals surface area contributed by atoms with Crippen LogP contribution in [-0.2, 0) is 17.8 Å². The number of ether oxygens (including phenoxy) is 1. The van der Waals surface area contributed by atoms with Gasteiger partial charge in [0, 0.05) is 22.9 Å². The Labute approximate surface area is 157 Å². The summed E-state index contributed by atoms with van der Waals surface area (Å²) >= 11 is 2.20. The average Bonchev–Trinajstić information content (AvgIpc) is 3.11. The lowest BCUT2D eigenvalue weighted by Crippen LogP contribution is -2.42. The molecule has 0 bridgehead atoms. The van der Waals surface area contributed by atoms with Gasteiger partial charge in [-0.3, -0.25) is 14.2 Å². The first kappa shape index (κ1) is 17.9. The molecule has 1 unspecified atom stereocenters. The summed E-state index contributed by atoms with van der Waals surface area (Å²) in [5.74, 6) is -0.513. The number of aromatic nitrogens is 2. The van der Waals surface area contributed by atoms with Gasteiger partial charge in [0.15, 0.2) is 0 Å². The van der Waals surface area contributed by atoms with Crippen molar-refractivity contribution < 1.29 is 9.53 Å². The van der Waals surface area contributed by atoms with Gasteiger partial charge in [-0.15, -0.1) is 0 Å². The maximum atomic E-state index is 12.5. The third-order valence-corrected chi connectivity index (χ3v) is 4.80. The monoisotopic (exact) mass is 455 g/mol. The van der Waals surface area contributed by atoms with Gasteiger partial charge in [0.2, 0.25) is 0 Å². The van der Waals surface area contributed by atoms with E-state index >= 15 is 0 Å². The van der Waals surface area contributed by atoms with Crippen LogP contribution in [0.5, 0.6) is 0 Å². The molecule has 8 heteroatoms. The van der Waals surface area contributed by atoms with E-state index in [2.05, 4.69) is 32.9 Å². The zero-order valence-electron chi connectivity index (χ0n) is 13.5. The Balaban J connectivity index is 1.74. The first-order valence-electron chi connectivity index (χ1n) is 8.01. The van der Waals surface area contributed by atoms with Crippen LogP contribution in [0.4, 0.5) is 0 Å². The smallest absolute Gasteiger partial charge is 0.328 e. The fourth-order valence-corrected chi connectivity index (χ4v) is 3.07. The minimum atomic E-state index is -0.598. The molecule has 1 fully saturated rings. The van der Waals surface area contributed by atoms with Crippen molar-refractivity contribution in [1.29, 1.82) is 0 Å². The Morgan fingerprint density at radius 1 is 1.32 bits per heavy atom. The molecule has 0 spiro atoms. The summed E-state index contributed by atoms with van der Waals surface area (Å²) in [6.07, 6.45) is 2.71. The van der Waals surface area contributed by atoms with Crippen LogP contribution in [0.25, 0.3) is 0 Å². The third-order valence-electron chi connectivity index (χ3n) is 4.08. The summed E-state index contributed by atoms with van der Waals surface area (Å²) < 4.78 is 7.61. The summed E-state index contributed by atoms with van der Waals surface area (Å²) in [6, 6.07) is 7.70. The van der Waals surface area contributed by atoms with E-state index in [0.29, 0.717) is 13.2 Å². The minimum Gasteiger partial charge on any atom is -0.376 e. The van der Waals surface area contributed by atoms with E-state index in [9.17, 15) is 14.4 Å². The van der Waals surface area contributed by atoms with E-state index < -0.39 is 17.2 Å². The predicted octanol–water partition coefficient (Wildman–Crippen LogP) is 1.25. The lowest BCUT2D eigenvalue weighted by atomic mass is 10.2. The van der Waals surface area contributed by atoms with Crippen LogP contribution < -0.4 is 16.6 Å². The number of carbonyl (C=O) groups excluding carboxylic acids is 1. The molecule has 2 heterocycles. The molecule has 1 atom stereocenters. The number of hydrogen-bond donors (Lipinski definition) is 2. The molecule has 25 heavy (non-hydrogen) atoms. The number of H-pyrrole nitrogens is 1. The van der Waals surface area contributed by atoms with Crippen LogP contribution in [0.1, 0.15) is 28.8 Å². The first-order valence-corrected chi connectivity index (χ1v) is 9.09. The zero-order chi connectivity index (χ0) is 17.8. The standard InChI is InChI=1S/C17H18IN3O4/c18-12-5-3-11(4-6-12)8-19-15(22)14-9-20-17(24)21(16(14)23)10-13-2-1-7-25-13/h3-6,9,13H,1-2,7-8,10H2,(H,19,22)(H,20,24). The van der Waals surface area contributed by atoms with Crippen LogP contribution in [0.15, 0.2) is 40.1 Å². The topological polar surface area (TPSA) is 93.2 Å². The molecule has 132 valence electrons. The quantitative estimate of drug-likeness (QED) is 0.664. The second-order valence-corrected chi connectivity index (χ2v) is 7.11. The molecule has 3 rings (SSSR count). The summed E-state index contributed by atoms with van der Waals surface area (Å²) in [5, 5.41) is 2.71. The number of carbonyl (C=O) groups is 1. The van der Waals surface area contributed by atoms with E-state index in [4.69, 9.17) is 4.74 Å². The van der Waals surface area contributed by atoms with E-state index in [1.54, 1.807) is 0 Å². The van der Waals surface area contributed by atoms with Gasteiger partial charge in [-0.25, -0.2) is 4.79 Å². The van der Waals surface area contributed by atoms with Gasteiger partial charge < -0.3 is 15.0 Å². The summed E-state index contributed by atoms with van der Waals surface area (Å²) in [5.41, 5.74) is -0.282. The lowest BCUT2D eigenvalue weighted by molar-refractivity contribution is 0.0921. The van der Waals surface area contributed by atoms with Gasteiger partial charge in [0.25, 0.3) is 11.5 Å². The average molecular weight is 455 g/mol. The molecule has 1 saturated heterocycles. The largest absolute Gasteiger partial charge is 0.376 e. The minimum absolute atomic E-state index is 0.0805. The van der Waals surface area contributed by atoms with Gasteiger partial charge in [0.1, 0.15) is 5.56 Å². The van der Waals surface area contributed by atoms with E-state index in [1.807, 2.05) is 24.3 Å². The Morgan fingerprint density at radius 2 is 2.08 bits per heavy atom. The molecule has 2 aromatic rings. The molecule has 0 aliphatic carbocycles. The van der Waals surface area contributed by atoms with Crippen LogP contribution >= 0.6 is 22.6 Å². The van der Waals surface area contributed by atoms with Crippen molar-refractivity contribution in [2.24, 2.45) is 0 Å². The lowest BCUT2D eigenvalue weighted by Gasteiger charge is -2.12. The molecule has 1 aromatic heterocycles. The van der Waals surface area contributed by atoms with Gasteiger partial charge in [-0.1, -0.05) is 12.1 Å². The number of amides is 1. The van der Waals surface area contributed by atoms with Crippen molar-refractivity contribution in [3.8, 4) is 0 Å². The number of rotatable bonds is 5.